The molecule has 0 saturated heterocycles. The third-order valence-electron chi connectivity index (χ3n) is 8.17. The van der Waals surface area contributed by atoms with Gasteiger partial charge in [-0.05, 0) is 56.0 Å². The predicted molar refractivity (Wildman–Crippen MR) is 129 cm³/mol. The molecule has 31 heavy (non-hydrogen) atoms. The first-order valence-electron chi connectivity index (χ1n) is 11.5. The predicted octanol–water partition coefficient (Wildman–Crippen LogP) is 8.30. The highest BCUT2D eigenvalue weighted by atomic mass is 35.5. The Labute approximate surface area is 189 Å². The normalized spacial score (nSPS) is 26.5. The molecule has 0 amide bonds. The molecular weight excluding hydrogens is 402 g/mol. The summed E-state index contributed by atoms with van der Waals surface area (Å²) in [5.74, 6) is 1.93. The number of fused-ring (bicyclic) bond motifs is 4. The standard InChI is InChI=1S/C28H28ClNO/c1-27-16-7-8-17-28(27,2)30(22-13-5-4-12-21(22)27)23-14-9-11-20(26(23)29)25-18-19-10-3-6-15-24(19)31-25/h3-5,9-14,18H,6-8,15-17H2,1-2H3. The Hall–Kier alpha value is -2.45. The molecule has 2 aromatic carbocycles. The average Bonchev–Trinajstić information content (AvgIpc) is 3.29. The summed E-state index contributed by atoms with van der Waals surface area (Å²) in [4.78, 5) is 2.54. The molecule has 2 unspecified atom stereocenters. The maximum Gasteiger partial charge on any atom is 0.136 e. The maximum absolute atomic E-state index is 7.17. The van der Waals surface area contributed by atoms with Crippen molar-refractivity contribution in [3.05, 3.63) is 76.5 Å². The highest BCUT2D eigenvalue weighted by molar-refractivity contribution is 6.36. The van der Waals surface area contributed by atoms with Crippen molar-refractivity contribution in [2.24, 2.45) is 0 Å². The molecule has 3 aliphatic rings. The largest absolute Gasteiger partial charge is 0.460 e. The highest BCUT2D eigenvalue weighted by Gasteiger charge is 2.57. The highest BCUT2D eigenvalue weighted by Crippen LogP contribution is 2.61. The van der Waals surface area contributed by atoms with Gasteiger partial charge in [0.2, 0.25) is 0 Å². The molecule has 1 aliphatic heterocycles. The fraction of sp³-hybridized carbons (Fsp3) is 0.357. The van der Waals surface area contributed by atoms with Crippen LogP contribution in [0.1, 0.15) is 62.8 Å². The Balaban J connectivity index is 1.53. The van der Waals surface area contributed by atoms with Crippen molar-refractivity contribution in [3.8, 4) is 11.3 Å². The van der Waals surface area contributed by atoms with E-state index in [1.807, 2.05) is 0 Å². The smallest absolute Gasteiger partial charge is 0.136 e. The van der Waals surface area contributed by atoms with Gasteiger partial charge in [0.05, 0.1) is 16.2 Å². The number of furan rings is 1. The molecule has 0 spiro atoms. The zero-order valence-corrected chi connectivity index (χ0v) is 19.0. The van der Waals surface area contributed by atoms with Crippen molar-refractivity contribution in [2.45, 2.75) is 63.3 Å². The minimum Gasteiger partial charge on any atom is -0.460 e. The van der Waals surface area contributed by atoms with Crippen LogP contribution in [-0.2, 0) is 11.8 Å². The molecule has 0 bridgehead atoms. The molecule has 2 atom stereocenters. The number of para-hydroxylation sites is 1. The third kappa shape index (κ3) is 2.58. The summed E-state index contributed by atoms with van der Waals surface area (Å²) in [5, 5.41) is 0.781. The quantitative estimate of drug-likeness (QED) is 0.407. The van der Waals surface area contributed by atoms with Crippen molar-refractivity contribution in [2.75, 3.05) is 4.90 Å². The van der Waals surface area contributed by atoms with Crippen LogP contribution in [0.4, 0.5) is 11.4 Å². The van der Waals surface area contributed by atoms with Crippen LogP contribution in [0.15, 0.2) is 59.0 Å². The van der Waals surface area contributed by atoms with Crippen LogP contribution in [0.3, 0.4) is 0 Å². The molecule has 3 aromatic rings. The van der Waals surface area contributed by atoms with Gasteiger partial charge < -0.3 is 9.32 Å². The van der Waals surface area contributed by atoms with Crippen LogP contribution < -0.4 is 4.90 Å². The van der Waals surface area contributed by atoms with Gasteiger partial charge in [-0.3, -0.25) is 0 Å². The van der Waals surface area contributed by atoms with Gasteiger partial charge in [-0.2, -0.15) is 0 Å². The molecule has 158 valence electrons. The van der Waals surface area contributed by atoms with Crippen molar-refractivity contribution >= 4 is 29.1 Å². The molecule has 1 aromatic heterocycles. The van der Waals surface area contributed by atoms with Gasteiger partial charge in [0.1, 0.15) is 11.5 Å². The van der Waals surface area contributed by atoms with Crippen molar-refractivity contribution in [1.29, 1.82) is 0 Å². The molecule has 1 fully saturated rings. The lowest BCUT2D eigenvalue weighted by Gasteiger charge is -2.50. The number of nitrogens with zero attached hydrogens (tertiary/aromatic N) is 1. The number of anilines is 2. The topological polar surface area (TPSA) is 16.4 Å². The molecule has 1 saturated carbocycles. The van der Waals surface area contributed by atoms with E-state index in [-0.39, 0.29) is 11.0 Å². The molecule has 2 aliphatic carbocycles. The minimum atomic E-state index is 0.00232. The lowest BCUT2D eigenvalue weighted by molar-refractivity contribution is 0.195. The summed E-state index contributed by atoms with van der Waals surface area (Å²) in [6.45, 7) is 4.89. The van der Waals surface area contributed by atoms with Gasteiger partial charge in [0.25, 0.3) is 0 Å². The van der Waals surface area contributed by atoms with Crippen LogP contribution >= 0.6 is 11.6 Å². The van der Waals surface area contributed by atoms with E-state index in [0.29, 0.717) is 0 Å². The molecule has 0 radical (unpaired) electrons. The summed E-state index contributed by atoms with van der Waals surface area (Å²) in [5.41, 5.74) is 6.13. The molecule has 2 nitrogen and oxygen atoms in total. The lowest BCUT2D eigenvalue weighted by atomic mass is 9.61. The number of allylic oxidation sites excluding steroid dienone is 1. The molecule has 6 rings (SSSR count). The van der Waals surface area contributed by atoms with E-state index < -0.39 is 0 Å². The summed E-state index contributed by atoms with van der Waals surface area (Å²) in [7, 11) is 0. The fourth-order valence-electron chi connectivity index (χ4n) is 6.29. The van der Waals surface area contributed by atoms with Gasteiger partial charge in [0, 0.05) is 28.7 Å². The summed E-state index contributed by atoms with van der Waals surface area (Å²) in [6, 6.07) is 17.5. The van der Waals surface area contributed by atoms with E-state index in [0.717, 1.165) is 40.6 Å². The second kappa shape index (κ2) is 6.77. The van der Waals surface area contributed by atoms with Gasteiger partial charge in [0.15, 0.2) is 0 Å². The summed E-state index contributed by atoms with van der Waals surface area (Å²) in [6.07, 6.45) is 11.3. The van der Waals surface area contributed by atoms with Crippen molar-refractivity contribution in [3.63, 3.8) is 0 Å². The zero-order valence-electron chi connectivity index (χ0n) is 18.2. The van der Waals surface area contributed by atoms with E-state index in [2.05, 4.69) is 79.4 Å². The second-order valence-electron chi connectivity index (χ2n) is 9.73. The van der Waals surface area contributed by atoms with Gasteiger partial charge in [-0.25, -0.2) is 0 Å². The number of benzene rings is 2. The Morgan fingerprint density at radius 3 is 2.65 bits per heavy atom. The maximum atomic E-state index is 7.17. The minimum absolute atomic E-state index is 0.00232. The van der Waals surface area contributed by atoms with E-state index in [4.69, 9.17) is 16.0 Å². The Kier molecular flexibility index (Phi) is 4.21. The third-order valence-corrected chi connectivity index (χ3v) is 8.57. The van der Waals surface area contributed by atoms with Gasteiger partial charge in [-0.15, -0.1) is 0 Å². The molecule has 0 N–H and O–H groups in total. The monoisotopic (exact) mass is 429 g/mol. The van der Waals surface area contributed by atoms with E-state index in [1.165, 1.54) is 42.5 Å². The first-order valence-corrected chi connectivity index (χ1v) is 11.9. The lowest BCUT2D eigenvalue weighted by Crippen LogP contribution is -2.54. The first-order chi connectivity index (χ1) is 15.0. The molecule has 3 heteroatoms. The number of rotatable bonds is 2. The second-order valence-corrected chi connectivity index (χ2v) is 10.1. The fourth-order valence-corrected chi connectivity index (χ4v) is 6.60. The van der Waals surface area contributed by atoms with Crippen LogP contribution in [0, 0.1) is 0 Å². The molecule has 2 heterocycles. The SMILES string of the molecule is CC12CCCCC1(C)N(c1cccc(-c3cc4c(o3)CCC=C4)c1Cl)c1ccccc12. The number of hydrogen-bond acceptors (Lipinski definition) is 2. The summed E-state index contributed by atoms with van der Waals surface area (Å²) < 4.78 is 6.26. The first kappa shape index (κ1) is 19.3. The van der Waals surface area contributed by atoms with Crippen LogP contribution in [-0.4, -0.2) is 5.54 Å². The van der Waals surface area contributed by atoms with Crippen LogP contribution in [0.25, 0.3) is 17.4 Å². The van der Waals surface area contributed by atoms with Gasteiger partial charge in [-0.1, -0.05) is 67.8 Å². The average molecular weight is 430 g/mol. The number of aryl methyl sites for hydroxylation is 1. The van der Waals surface area contributed by atoms with E-state index in [9.17, 15) is 0 Å². The van der Waals surface area contributed by atoms with Crippen molar-refractivity contribution < 1.29 is 4.42 Å². The number of hydrogen-bond donors (Lipinski definition) is 0. The Bertz CT molecular complexity index is 1210. The Morgan fingerprint density at radius 1 is 0.968 bits per heavy atom. The van der Waals surface area contributed by atoms with E-state index >= 15 is 0 Å². The van der Waals surface area contributed by atoms with Crippen LogP contribution in [0.2, 0.25) is 5.02 Å². The van der Waals surface area contributed by atoms with Gasteiger partial charge >= 0.3 is 0 Å². The zero-order chi connectivity index (χ0) is 21.2. The van der Waals surface area contributed by atoms with Crippen LogP contribution in [0.5, 0.6) is 0 Å². The summed E-state index contributed by atoms with van der Waals surface area (Å²) >= 11 is 7.17. The van der Waals surface area contributed by atoms with Crippen molar-refractivity contribution in [1.82, 2.24) is 0 Å². The molecular formula is C28H28ClNO. The Morgan fingerprint density at radius 2 is 1.77 bits per heavy atom. The number of halogens is 1. The van der Waals surface area contributed by atoms with E-state index in [1.54, 1.807) is 0 Å².